The first-order chi connectivity index (χ1) is 11.0. The lowest BCUT2D eigenvalue weighted by Crippen LogP contribution is -2.30. The molecule has 0 amide bonds. The Balaban J connectivity index is 2.18. The van der Waals surface area contributed by atoms with Gasteiger partial charge in [0.05, 0.1) is 5.71 Å². The zero-order valence-electron chi connectivity index (χ0n) is 13.1. The summed E-state index contributed by atoms with van der Waals surface area (Å²) in [6.45, 7) is 1.93. The lowest BCUT2D eigenvalue weighted by atomic mass is 9.80. The standard InChI is InChI=1S/C16H19N5OS/c1-9-5-14(22)21(2)13-7-11(10-3-4-23-8-10)6-12(15(9)13)19-20-16(17)18/h3-5,8,11H,6-7H2,1-2H3,(H4,17,18,20)/b19-12-. The SMILES string of the molecule is Cc1cc(=O)n(C)c2c1/C(=N\N=C(N)N)CC(c1ccsc1)C2. The highest BCUT2D eigenvalue weighted by molar-refractivity contribution is 7.08. The number of rotatable bonds is 2. The molecule has 120 valence electrons. The van der Waals surface area contributed by atoms with Gasteiger partial charge in [0.1, 0.15) is 0 Å². The molecule has 0 saturated heterocycles. The summed E-state index contributed by atoms with van der Waals surface area (Å²) in [5.41, 5.74) is 15.8. The van der Waals surface area contributed by atoms with Crippen LogP contribution in [-0.4, -0.2) is 16.2 Å². The van der Waals surface area contributed by atoms with Crippen molar-refractivity contribution in [3.8, 4) is 0 Å². The van der Waals surface area contributed by atoms with E-state index < -0.39 is 0 Å². The fourth-order valence-corrected chi connectivity index (χ4v) is 3.85. The lowest BCUT2D eigenvalue weighted by molar-refractivity contribution is 0.636. The van der Waals surface area contributed by atoms with Crippen LogP contribution in [-0.2, 0) is 13.5 Å². The number of pyridine rings is 1. The molecular formula is C16H19N5OS. The van der Waals surface area contributed by atoms with E-state index in [1.165, 1.54) is 5.56 Å². The summed E-state index contributed by atoms with van der Waals surface area (Å²) in [7, 11) is 1.80. The molecule has 0 aliphatic heterocycles. The molecule has 4 N–H and O–H groups in total. The number of hydrogen-bond donors (Lipinski definition) is 2. The molecule has 2 aromatic heterocycles. The third-order valence-corrected chi connectivity index (χ3v) is 4.93. The summed E-state index contributed by atoms with van der Waals surface area (Å²) < 4.78 is 1.70. The third-order valence-electron chi connectivity index (χ3n) is 4.23. The fraction of sp³-hybridized carbons (Fsp3) is 0.312. The second-order valence-corrected chi connectivity index (χ2v) is 6.56. The second kappa shape index (κ2) is 6.00. The van der Waals surface area contributed by atoms with Crippen LogP contribution < -0.4 is 17.0 Å². The molecule has 0 saturated carbocycles. The minimum atomic E-state index is -0.0702. The average Bonchev–Trinajstić information content (AvgIpc) is 3.04. The van der Waals surface area contributed by atoms with Crippen molar-refractivity contribution in [3.05, 3.63) is 55.6 Å². The number of nitrogens with zero attached hydrogens (tertiary/aromatic N) is 3. The van der Waals surface area contributed by atoms with E-state index in [-0.39, 0.29) is 17.4 Å². The molecule has 1 aliphatic rings. The largest absolute Gasteiger partial charge is 0.369 e. The summed E-state index contributed by atoms with van der Waals surface area (Å²) in [5, 5.41) is 12.3. The van der Waals surface area contributed by atoms with Gasteiger partial charge in [0.2, 0.25) is 5.96 Å². The highest BCUT2D eigenvalue weighted by Crippen LogP contribution is 2.34. The summed E-state index contributed by atoms with van der Waals surface area (Å²) in [5.74, 6) is 0.202. The Hall–Kier alpha value is -2.41. The predicted molar refractivity (Wildman–Crippen MR) is 94.1 cm³/mol. The molecule has 0 radical (unpaired) electrons. The van der Waals surface area contributed by atoms with Crippen LogP contribution in [0.3, 0.4) is 0 Å². The number of nitrogens with two attached hydrogens (primary N) is 2. The van der Waals surface area contributed by atoms with E-state index in [4.69, 9.17) is 11.5 Å². The van der Waals surface area contributed by atoms with Crippen LogP contribution in [0, 0.1) is 6.92 Å². The van der Waals surface area contributed by atoms with Crippen molar-refractivity contribution in [2.24, 2.45) is 28.7 Å². The molecule has 2 aromatic rings. The van der Waals surface area contributed by atoms with E-state index in [0.29, 0.717) is 0 Å². The Kier molecular flexibility index (Phi) is 4.04. The molecule has 2 heterocycles. The number of fused-ring (bicyclic) bond motifs is 1. The first kappa shape index (κ1) is 15.5. The van der Waals surface area contributed by atoms with E-state index >= 15 is 0 Å². The number of guanidine groups is 1. The first-order valence-corrected chi connectivity index (χ1v) is 8.29. The lowest BCUT2D eigenvalue weighted by Gasteiger charge is -2.28. The van der Waals surface area contributed by atoms with Crippen molar-refractivity contribution in [3.63, 3.8) is 0 Å². The molecule has 3 rings (SSSR count). The quantitative estimate of drug-likeness (QED) is 0.496. The van der Waals surface area contributed by atoms with E-state index in [1.54, 1.807) is 29.0 Å². The van der Waals surface area contributed by atoms with Gasteiger partial charge in [0, 0.05) is 24.4 Å². The topological polar surface area (TPSA) is 98.8 Å². The van der Waals surface area contributed by atoms with E-state index in [1.807, 2.05) is 6.92 Å². The van der Waals surface area contributed by atoms with Gasteiger partial charge in [-0.1, -0.05) is 0 Å². The molecule has 0 spiro atoms. The summed E-state index contributed by atoms with van der Waals surface area (Å²) in [6, 6.07) is 3.75. The van der Waals surface area contributed by atoms with Crippen molar-refractivity contribution in [1.82, 2.24) is 4.57 Å². The van der Waals surface area contributed by atoms with Crippen molar-refractivity contribution in [1.29, 1.82) is 0 Å². The van der Waals surface area contributed by atoms with Crippen molar-refractivity contribution < 1.29 is 0 Å². The number of thiophene rings is 1. The maximum Gasteiger partial charge on any atom is 0.250 e. The third kappa shape index (κ3) is 2.92. The van der Waals surface area contributed by atoms with Crippen molar-refractivity contribution in [2.75, 3.05) is 0 Å². The second-order valence-electron chi connectivity index (χ2n) is 5.78. The van der Waals surface area contributed by atoms with Gasteiger partial charge in [0.25, 0.3) is 5.56 Å². The highest BCUT2D eigenvalue weighted by Gasteiger charge is 2.28. The number of aromatic nitrogens is 1. The first-order valence-electron chi connectivity index (χ1n) is 7.34. The van der Waals surface area contributed by atoms with Gasteiger partial charge in [0.15, 0.2) is 0 Å². The molecule has 0 fully saturated rings. The van der Waals surface area contributed by atoms with Crippen LogP contribution >= 0.6 is 11.3 Å². The Bertz CT molecular complexity index is 844. The Labute approximate surface area is 138 Å². The van der Waals surface area contributed by atoms with Crippen LogP contribution in [0.1, 0.15) is 34.7 Å². The molecule has 0 aromatic carbocycles. The zero-order chi connectivity index (χ0) is 16.6. The van der Waals surface area contributed by atoms with Crippen LogP contribution in [0.15, 0.2) is 37.9 Å². The molecule has 1 aliphatic carbocycles. The monoisotopic (exact) mass is 329 g/mol. The van der Waals surface area contributed by atoms with E-state index in [9.17, 15) is 4.79 Å². The van der Waals surface area contributed by atoms with Gasteiger partial charge in [-0.25, -0.2) is 0 Å². The normalized spacial score (nSPS) is 18.7. The van der Waals surface area contributed by atoms with Crippen LogP contribution in [0.25, 0.3) is 0 Å². The molecular weight excluding hydrogens is 310 g/mol. The predicted octanol–water partition coefficient (Wildman–Crippen LogP) is 1.46. The van der Waals surface area contributed by atoms with Gasteiger partial charge in [-0.05, 0) is 53.6 Å². The zero-order valence-corrected chi connectivity index (χ0v) is 13.9. The molecule has 7 heteroatoms. The maximum absolute atomic E-state index is 12.1. The molecule has 6 nitrogen and oxygen atoms in total. The average molecular weight is 329 g/mol. The molecule has 23 heavy (non-hydrogen) atoms. The summed E-state index contributed by atoms with van der Waals surface area (Å²) in [6.07, 6.45) is 1.56. The van der Waals surface area contributed by atoms with Gasteiger partial charge >= 0.3 is 0 Å². The summed E-state index contributed by atoms with van der Waals surface area (Å²) in [4.78, 5) is 12.1. The van der Waals surface area contributed by atoms with Gasteiger partial charge in [-0.3, -0.25) is 4.79 Å². The van der Waals surface area contributed by atoms with Crippen molar-refractivity contribution in [2.45, 2.75) is 25.7 Å². The van der Waals surface area contributed by atoms with Crippen LogP contribution in [0.2, 0.25) is 0 Å². The molecule has 1 atom stereocenters. The van der Waals surface area contributed by atoms with Crippen molar-refractivity contribution >= 4 is 23.0 Å². The minimum absolute atomic E-state index is 0.00610. The smallest absolute Gasteiger partial charge is 0.250 e. The van der Waals surface area contributed by atoms with Gasteiger partial charge < -0.3 is 16.0 Å². The summed E-state index contributed by atoms with van der Waals surface area (Å²) >= 11 is 1.67. The number of aryl methyl sites for hydroxylation is 1. The van der Waals surface area contributed by atoms with Gasteiger partial charge in [-0.2, -0.15) is 16.4 Å². The highest BCUT2D eigenvalue weighted by atomic mass is 32.1. The van der Waals surface area contributed by atoms with E-state index in [2.05, 4.69) is 27.0 Å². The Morgan fingerprint density at radius 3 is 2.83 bits per heavy atom. The van der Waals surface area contributed by atoms with E-state index in [0.717, 1.165) is 35.4 Å². The minimum Gasteiger partial charge on any atom is -0.369 e. The van der Waals surface area contributed by atoms with Gasteiger partial charge in [-0.15, -0.1) is 5.10 Å². The maximum atomic E-state index is 12.1. The Morgan fingerprint density at radius 2 is 2.17 bits per heavy atom. The molecule has 0 bridgehead atoms. The Morgan fingerprint density at radius 1 is 1.39 bits per heavy atom. The van der Waals surface area contributed by atoms with Crippen LogP contribution in [0.5, 0.6) is 0 Å². The molecule has 1 unspecified atom stereocenters. The van der Waals surface area contributed by atoms with Crippen LogP contribution in [0.4, 0.5) is 0 Å². The fourth-order valence-electron chi connectivity index (χ4n) is 3.11. The number of hydrogen-bond acceptors (Lipinski definition) is 4.